The molecule has 0 aliphatic heterocycles. The quantitative estimate of drug-likeness (QED) is 0.672. The first kappa shape index (κ1) is 10.8. The van der Waals surface area contributed by atoms with Gasteiger partial charge in [-0.1, -0.05) is 13.0 Å². The molecule has 78 valence electrons. The predicted molar refractivity (Wildman–Crippen MR) is 58.0 cm³/mol. The summed E-state index contributed by atoms with van der Waals surface area (Å²) in [5.41, 5.74) is 5.54. The molecule has 0 radical (unpaired) electrons. The number of nitrogens with one attached hydrogen (secondary N) is 1. The molecule has 1 aromatic heterocycles. The van der Waals surface area contributed by atoms with E-state index in [1.54, 1.807) is 6.07 Å². The first-order valence-electron chi connectivity index (χ1n) is 4.73. The number of nitrogen functional groups attached to an aromatic ring is 1. The SMILES string of the molecule is CC(CO)C(C)Nc1cccc(N)n1. The van der Waals surface area contributed by atoms with Crippen molar-refractivity contribution in [2.24, 2.45) is 5.92 Å². The number of rotatable bonds is 4. The largest absolute Gasteiger partial charge is 0.396 e. The molecule has 4 N–H and O–H groups in total. The van der Waals surface area contributed by atoms with Crippen LogP contribution in [0.5, 0.6) is 0 Å². The fourth-order valence-corrected chi connectivity index (χ4v) is 1.07. The molecule has 2 unspecified atom stereocenters. The highest BCUT2D eigenvalue weighted by atomic mass is 16.3. The van der Waals surface area contributed by atoms with Crippen LogP contribution in [0.15, 0.2) is 18.2 Å². The van der Waals surface area contributed by atoms with E-state index in [0.29, 0.717) is 5.82 Å². The van der Waals surface area contributed by atoms with Gasteiger partial charge < -0.3 is 16.2 Å². The zero-order chi connectivity index (χ0) is 10.6. The number of hydrogen-bond acceptors (Lipinski definition) is 4. The normalized spacial score (nSPS) is 14.8. The summed E-state index contributed by atoms with van der Waals surface area (Å²) in [5, 5.41) is 12.1. The Morgan fingerprint density at radius 3 is 2.79 bits per heavy atom. The Hall–Kier alpha value is -1.29. The Balaban J connectivity index is 2.60. The van der Waals surface area contributed by atoms with Crippen molar-refractivity contribution in [1.82, 2.24) is 4.98 Å². The zero-order valence-electron chi connectivity index (χ0n) is 8.57. The molecule has 1 rings (SSSR count). The molecular weight excluding hydrogens is 178 g/mol. The zero-order valence-corrected chi connectivity index (χ0v) is 8.57. The van der Waals surface area contributed by atoms with Crippen LogP contribution in [0.3, 0.4) is 0 Å². The lowest BCUT2D eigenvalue weighted by Gasteiger charge is -2.19. The molecule has 4 nitrogen and oxygen atoms in total. The Kier molecular flexibility index (Phi) is 3.71. The summed E-state index contributed by atoms with van der Waals surface area (Å²) in [5.74, 6) is 1.44. The molecule has 0 bridgehead atoms. The van der Waals surface area contributed by atoms with Crippen molar-refractivity contribution in [1.29, 1.82) is 0 Å². The lowest BCUT2D eigenvalue weighted by atomic mass is 10.1. The average molecular weight is 195 g/mol. The molecule has 4 heteroatoms. The van der Waals surface area contributed by atoms with Crippen LogP contribution in [0, 0.1) is 5.92 Å². The topological polar surface area (TPSA) is 71.2 Å². The Bertz CT molecular complexity index is 290. The Morgan fingerprint density at radius 1 is 1.50 bits per heavy atom. The molecule has 0 fully saturated rings. The van der Waals surface area contributed by atoms with Crippen molar-refractivity contribution < 1.29 is 5.11 Å². The van der Waals surface area contributed by atoms with Crippen LogP contribution >= 0.6 is 0 Å². The van der Waals surface area contributed by atoms with E-state index in [4.69, 9.17) is 10.8 Å². The maximum atomic E-state index is 8.95. The van der Waals surface area contributed by atoms with Gasteiger partial charge in [-0.2, -0.15) is 0 Å². The van der Waals surface area contributed by atoms with Gasteiger partial charge in [-0.05, 0) is 25.0 Å². The van der Waals surface area contributed by atoms with E-state index >= 15 is 0 Å². The Morgan fingerprint density at radius 2 is 2.21 bits per heavy atom. The number of aliphatic hydroxyl groups is 1. The second-order valence-corrected chi connectivity index (χ2v) is 3.54. The van der Waals surface area contributed by atoms with Crippen molar-refractivity contribution in [2.45, 2.75) is 19.9 Å². The minimum absolute atomic E-state index is 0.163. The number of hydrogen-bond donors (Lipinski definition) is 3. The molecule has 0 amide bonds. The van der Waals surface area contributed by atoms with Crippen LogP contribution in [-0.2, 0) is 0 Å². The van der Waals surface area contributed by atoms with Crippen molar-refractivity contribution in [3.05, 3.63) is 18.2 Å². The number of anilines is 2. The molecule has 0 aliphatic rings. The van der Waals surface area contributed by atoms with Crippen LogP contribution in [0.25, 0.3) is 0 Å². The van der Waals surface area contributed by atoms with Crippen LogP contribution in [0.1, 0.15) is 13.8 Å². The molecule has 0 aromatic carbocycles. The van der Waals surface area contributed by atoms with E-state index in [0.717, 1.165) is 5.82 Å². The lowest BCUT2D eigenvalue weighted by Crippen LogP contribution is -2.26. The number of nitrogens with zero attached hydrogens (tertiary/aromatic N) is 1. The maximum Gasteiger partial charge on any atom is 0.128 e. The summed E-state index contributed by atoms with van der Waals surface area (Å²) in [6.45, 7) is 4.15. The second kappa shape index (κ2) is 4.81. The number of aromatic nitrogens is 1. The third-order valence-corrected chi connectivity index (χ3v) is 2.29. The molecule has 0 saturated carbocycles. The van der Waals surface area contributed by atoms with E-state index in [2.05, 4.69) is 10.3 Å². The highest BCUT2D eigenvalue weighted by Crippen LogP contribution is 2.11. The highest BCUT2D eigenvalue weighted by molar-refractivity contribution is 5.42. The van der Waals surface area contributed by atoms with Gasteiger partial charge in [0.1, 0.15) is 11.6 Å². The van der Waals surface area contributed by atoms with Gasteiger partial charge in [0, 0.05) is 12.6 Å². The van der Waals surface area contributed by atoms with Gasteiger partial charge in [0.25, 0.3) is 0 Å². The summed E-state index contributed by atoms with van der Waals surface area (Å²) < 4.78 is 0. The van der Waals surface area contributed by atoms with Gasteiger partial charge in [0.2, 0.25) is 0 Å². The van der Waals surface area contributed by atoms with E-state index in [9.17, 15) is 0 Å². The molecule has 0 saturated heterocycles. The van der Waals surface area contributed by atoms with Gasteiger partial charge in [0.05, 0.1) is 0 Å². The standard InChI is InChI=1S/C10H17N3O/c1-7(6-14)8(2)12-10-5-3-4-9(11)13-10/h3-5,7-8,14H,6H2,1-2H3,(H3,11,12,13). The summed E-state index contributed by atoms with van der Waals surface area (Å²) in [7, 11) is 0. The molecule has 1 aromatic rings. The maximum absolute atomic E-state index is 8.95. The fourth-order valence-electron chi connectivity index (χ4n) is 1.07. The molecular formula is C10H17N3O. The number of nitrogens with two attached hydrogens (primary N) is 1. The highest BCUT2D eigenvalue weighted by Gasteiger charge is 2.10. The second-order valence-electron chi connectivity index (χ2n) is 3.54. The minimum Gasteiger partial charge on any atom is -0.396 e. The number of aliphatic hydroxyl groups excluding tert-OH is 1. The summed E-state index contributed by atoms with van der Waals surface area (Å²) in [6, 6.07) is 5.62. The molecule has 2 atom stereocenters. The van der Waals surface area contributed by atoms with Crippen LogP contribution in [0.4, 0.5) is 11.6 Å². The molecule has 0 spiro atoms. The van der Waals surface area contributed by atoms with Crippen molar-refractivity contribution in [3.8, 4) is 0 Å². The monoisotopic (exact) mass is 195 g/mol. The van der Waals surface area contributed by atoms with Crippen molar-refractivity contribution >= 4 is 11.6 Å². The van der Waals surface area contributed by atoms with Gasteiger partial charge in [0.15, 0.2) is 0 Å². The van der Waals surface area contributed by atoms with Gasteiger partial charge in [-0.15, -0.1) is 0 Å². The molecule has 0 aliphatic carbocycles. The van der Waals surface area contributed by atoms with Gasteiger partial charge >= 0.3 is 0 Å². The van der Waals surface area contributed by atoms with Gasteiger partial charge in [-0.25, -0.2) is 4.98 Å². The number of pyridine rings is 1. The summed E-state index contributed by atoms with van der Waals surface area (Å²) >= 11 is 0. The van der Waals surface area contributed by atoms with Crippen LogP contribution < -0.4 is 11.1 Å². The average Bonchev–Trinajstić information content (AvgIpc) is 2.16. The minimum atomic E-state index is 0.163. The Labute approximate surface area is 84.2 Å². The first-order valence-corrected chi connectivity index (χ1v) is 4.73. The third kappa shape index (κ3) is 2.88. The van der Waals surface area contributed by atoms with E-state index < -0.39 is 0 Å². The van der Waals surface area contributed by atoms with Crippen molar-refractivity contribution in [2.75, 3.05) is 17.7 Å². The smallest absolute Gasteiger partial charge is 0.128 e. The fraction of sp³-hybridized carbons (Fsp3) is 0.500. The first-order chi connectivity index (χ1) is 6.63. The molecule has 1 heterocycles. The van der Waals surface area contributed by atoms with Crippen LogP contribution in [0.2, 0.25) is 0 Å². The van der Waals surface area contributed by atoms with Gasteiger partial charge in [-0.3, -0.25) is 0 Å². The summed E-state index contributed by atoms with van der Waals surface area (Å²) in [4.78, 5) is 4.11. The van der Waals surface area contributed by atoms with E-state index in [1.165, 1.54) is 0 Å². The van der Waals surface area contributed by atoms with Crippen LogP contribution in [-0.4, -0.2) is 22.7 Å². The van der Waals surface area contributed by atoms with E-state index in [1.807, 2.05) is 26.0 Å². The summed E-state index contributed by atoms with van der Waals surface area (Å²) in [6.07, 6.45) is 0. The predicted octanol–water partition coefficient (Wildman–Crippen LogP) is 1.09. The van der Waals surface area contributed by atoms with Crippen molar-refractivity contribution in [3.63, 3.8) is 0 Å². The lowest BCUT2D eigenvalue weighted by molar-refractivity contribution is 0.226. The third-order valence-electron chi connectivity index (χ3n) is 2.29. The molecule has 14 heavy (non-hydrogen) atoms. The van der Waals surface area contributed by atoms with E-state index in [-0.39, 0.29) is 18.6 Å².